The SMILES string of the molecule is Cc1c(C(=O)Nc2ccc(N3CCN(C(=O)c4ccco4)CC3)cc2)cccc1[N+](=O)[O-]. The third kappa shape index (κ3) is 4.31. The molecule has 9 nitrogen and oxygen atoms in total. The Hall–Kier alpha value is -4.14. The van der Waals surface area contributed by atoms with E-state index >= 15 is 0 Å². The van der Waals surface area contributed by atoms with Crippen LogP contribution in [0.5, 0.6) is 0 Å². The van der Waals surface area contributed by atoms with Crippen molar-refractivity contribution < 1.29 is 18.9 Å². The maximum atomic E-state index is 12.6. The van der Waals surface area contributed by atoms with Gasteiger partial charge in [0, 0.05) is 54.7 Å². The first-order valence-corrected chi connectivity index (χ1v) is 10.2. The van der Waals surface area contributed by atoms with Gasteiger partial charge in [-0.1, -0.05) is 6.07 Å². The van der Waals surface area contributed by atoms with Gasteiger partial charge in [0.1, 0.15) is 0 Å². The molecule has 1 N–H and O–H groups in total. The van der Waals surface area contributed by atoms with Gasteiger partial charge in [-0.2, -0.15) is 0 Å². The highest BCUT2D eigenvalue weighted by atomic mass is 16.6. The molecule has 164 valence electrons. The first-order valence-electron chi connectivity index (χ1n) is 10.2. The summed E-state index contributed by atoms with van der Waals surface area (Å²) in [5.74, 6) is -0.161. The molecule has 0 aliphatic carbocycles. The van der Waals surface area contributed by atoms with Crippen LogP contribution in [-0.2, 0) is 0 Å². The van der Waals surface area contributed by atoms with Gasteiger partial charge in [-0.3, -0.25) is 19.7 Å². The summed E-state index contributed by atoms with van der Waals surface area (Å²) in [5, 5.41) is 13.9. The maximum absolute atomic E-state index is 12.6. The fourth-order valence-electron chi connectivity index (χ4n) is 3.75. The molecule has 9 heteroatoms. The number of nitrogens with zero attached hydrogens (tertiary/aromatic N) is 3. The van der Waals surface area contributed by atoms with Gasteiger partial charge in [0.05, 0.1) is 11.2 Å². The van der Waals surface area contributed by atoms with Crippen molar-refractivity contribution in [2.24, 2.45) is 0 Å². The predicted octanol–water partition coefficient (Wildman–Crippen LogP) is 3.71. The number of rotatable bonds is 5. The summed E-state index contributed by atoms with van der Waals surface area (Å²) in [7, 11) is 0. The van der Waals surface area contributed by atoms with Crippen LogP contribution in [0.4, 0.5) is 17.1 Å². The number of anilines is 2. The Bertz CT molecular complexity index is 1130. The lowest BCUT2D eigenvalue weighted by Gasteiger charge is -2.35. The molecule has 1 aliphatic heterocycles. The number of carbonyl (C=O) groups is 2. The Kier molecular flexibility index (Phi) is 5.89. The number of piperazine rings is 1. The van der Waals surface area contributed by atoms with Crippen molar-refractivity contribution in [3.05, 3.63) is 87.9 Å². The summed E-state index contributed by atoms with van der Waals surface area (Å²) in [6, 6.07) is 15.2. The number of benzene rings is 2. The lowest BCUT2D eigenvalue weighted by molar-refractivity contribution is -0.385. The Labute approximate surface area is 184 Å². The van der Waals surface area contributed by atoms with Crippen molar-refractivity contribution in [3.8, 4) is 0 Å². The molecule has 4 rings (SSSR count). The molecular weight excluding hydrogens is 412 g/mol. The molecule has 0 atom stereocenters. The van der Waals surface area contributed by atoms with Crippen LogP contribution in [0, 0.1) is 17.0 Å². The normalized spacial score (nSPS) is 13.7. The standard InChI is InChI=1S/C23H22N4O5/c1-16-19(4-2-5-20(16)27(30)31)22(28)24-17-7-9-18(10-8-17)25-11-13-26(14-12-25)23(29)21-6-3-15-32-21/h2-10,15H,11-14H2,1H3,(H,24,28). The van der Waals surface area contributed by atoms with Crippen molar-refractivity contribution in [3.63, 3.8) is 0 Å². The van der Waals surface area contributed by atoms with Gasteiger partial charge < -0.3 is 19.5 Å². The zero-order valence-electron chi connectivity index (χ0n) is 17.5. The van der Waals surface area contributed by atoms with E-state index in [1.54, 1.807) is 42.2 Å². The minimum absolute atomic E-state index is 0.0855. The molecule has 3 aromatic rings. The zero-order chi connectivity index (χ0) is 22.7. The van der Waals surface area contributed by atoms with E-state index in [0.717, 1.165) is 5.69 Å². The average molecular weight is 434 g/mol. The summed E-state index contributed by atoms with van der Waals surface area (Å²) in [6.07, 6.45) is 1.49. The first-order chi connectivity index (χ1) is 15.4. The van der Waals surface area contributed by atoms with E-state index in [4.69, 9.17) is 4.42 Å². The third-order valence-electron chi connectivity index (χ3n) is 5.54. The summed E-state index contributed by atoms with van der Waals surface area (Å²) in [4.78, 5) is 39.5. The minimum Gasteiger partial charge on any atom is -0.459 e. The van der Waals surface area contributed by atoms with E-state index < -0.39 is 10.8 Å². The number of furan rings is 1. The molecule has 1 saturated heterocycles. The molecule has 1 aromatic heterocycles. The fraction of sp³-hybridized carbons (Fsp3) is 0.217. The Balaban J connectivity index is 1.37. The van der Waals surface area contributed by atoms with Crippen LogP contribution >= 0.6 is 0 Å². The van der Waals surface area contributed by atoms with Crippen molar-refractivity contribution in [1.82, 2.24) is 4.90 Å². The third-order valence-corrected chi connectivity index (χ3v) is 5.54. The molecule has 1 fully saturated rings. The smallest absolute Gasteiger partial charge is 0.289 e. The van der Waals surface area contributed by atoms with E-state index in [-0.39, 0.29) is 17.2 Å². The van der Waals surface area contributed by atoms with Crippen LogP contribution in [0.15, 0.2) is 65.3 Å². The van der Waals surface area contributed by atoms with Crippen LogP contribution in [0.25, 0.3) is 0 Å². The second-order valence-electron chi connectivity index (χ2n) is 7.46. The molecule has 2 heterocycles. The molecule has 0 bridgehead atoms. The molecule has 2 amide bonds. The lowest BCUT2D eigenvalue weighted by Crippen LogP contribution is -2.48. The maximum Gasteiger partial charge on any atom is 0.289 e. The van der Waals surface area contributed by atoms with Gasteiger partial charge in [-0.05, 0) is 49.4 Å². The van der Waals surface area contributed by atoms with Crippen molar-refractivity contribution in [2.75, 3.05) is 36.4 Å². The molecule has 0 radical (unpaired) electrons. The van der Waals surface area contributed by atoms with Crippen molar-refractivity contribution in [2.45, 2.75) is 6.92 Å². The summed E-state index contributed by atoms with van der Waals surface area (Å²) in [6.45, 7) is 4.11. The fourth-order valence-corrected chi connectivity index (χ4v) is 3.75. The summed E-state index contributed by atoms with van der Waals surface area (Å²) < 4.78 is 5.19. The van der Waals surface area contributed by atoms with Gasteiger partial charge >= 0.3 is 0 Å². The number of amides is 2. The van der Waals surface area contributed by atoms with Gasteiger partial charge in [-0.25, -0.2) is 0 Å². The van der Waals surface area contributed by atoms with Crippen LogP contribution in [0.1, 0.15) is 26.5 Å². The topological polar surface area (TPSA) is 109 Å². The monoisotopic (exact) mass is 434 g/mol. The van der Waals surface area contributed by atoms with E-state index in [2.05, 4.69) is 10.2 Å². The minimum atomic E-state index is -0.497. The van der Waals surface area contributed by atoms with Crippen molar-refractivity contribution in [1.29, 1.82) is 0 Å². The number of nitro benzene ring substituents is 1. The first kappa shape index (κ1) is 21.1. The average Bonchev–Trinajstić information content (AvgIpc) is 3.34. The van der Waals surface area contributed by atoms with Crippen LogP contribution in [-0.4, -0.2) is 47.8 Å². The van der Waals surface area contributed by atoms with Crippen LogP contribution < -0.4 is 10.2 Å². The van der Waals surface area contributed by atoms with Gasteiger partial charge in [0.2, 0.25) is 0 Å². The van der Waals surface area contributed by atoms with Crippen molar-refractivity contribution >= 4 is 28.9 Å². The molecular formula is C23H22N4O5. The molecule has 1 aliphatic rings. The van der Waals surface area contributed by atoms with Gasteiger partial charge in [0.15, 0.2) is 5.76 Å². The highest BCUT2D eigenvalue weighted by Crippen LogP contribution is 2.24. The number of nitrogens with one attached hydrogen (secondary N) is 1. The zero-order valence-corrected chi connectivity index (χ0v) is 17.5. The molecule has 0 saturated carbocycles. The highest BCUT2D eigenvalue weighted by Gasteiger charge is 2.24. The number of nitro groups is 1. The molecule has 0 unspecified atom stereocenters. The quantitative estimate of drug-likeness (QED) is 0.484. The van der Waals surface area contributed by atoms with E-state index in [9.17, 15) is 19.7 Å². The van der Waals surface area contributed by atoms with Gasteiger partial charge in [0.25, 0.3) is 17.5 Å². The second kappa shape index (κ2) is 8.93. The van der Waals surface area contributed by atoms with Gasteiger partial charge in [-0.15, -0.1) is 0 Å². The lowest BCUT2D eigenvalue weighted by atomic mass is 10.1. The second-order valence-corrected chi connectivity index (χ2v) is 7.46. The largest absolute Gasteiger partial charge is 0.459 e. The highest BCUT2D eigenvalue weighted by molar-refractivity contribution is 6.05. The Morgan fingerprint density at radius 2 is 1.72 bits per heavy atom. The van der Waals surface area contributed by atoms with E-state index in [0.29, 0.717) is 43.2 Å². The predicted molar refractivity (Wildman–Crippen MR) is 119 cm³/mol. The Morgan fingerprint density at radius 1 is 1.00 bits per heavy atom. The summed E-state index contributed by atoms with van der Waals surface area (Å²) in [5.41, 5.74) is 2.09. The Morgan fingerprint density at radius 3 is 2.34 bits per heavy atom. The molecule has 0 spiro atoms. The molecule has 2 aromatic carbocycles. The van der Waals surface area contributed by atoms with E-state index in [1.807, 2.05) is 12.1 Å². The van der Waals surface area contributed by atoms with E-state index in [1.165, 1.54) is 18.4 Å². The molecule has 32 heavy (non-hydrogen) atoms. The number of hydrogen-bond donors (Lipinski definition) is 1. The van der Waals surface area contributed by atoms with Crippen LogP contribution in [0.3, 0.4) is 0 Å². The summed E-state index contributed by atoms with van der Waals surface area (Å²) >= 11 is 0. The number of hydrogen-bond acceptors (Lipinski definition) is 6. The van der Waals surface area contributed by atoms with Crippen LogP contribution in [0.2, 0.25) is 0 Å². The number of carbonyl (C=O) groups excluding carboxylic acids is 2.